The van der Waals surface area contributed by atoms with E-state index in [0.717, 1.165) is 0 Å². The molecule has 0 unspecified atom stereocenters. The lowest BCUT2D eigenvalue weighted by Gasteiger charge is -2.17. The molecule has 0 amide bonds. The maximum Gasteiger partial charge on any atom is 0.111 e. The monoisotopic (exact) mass is 139 g/mol. The second-order valence-corrected chi connectivity index (χ2v) is 3.34. The number of hydrogen-bond donors (Lipinski definition) is 1. The molecule has 0 atom stereocenters. The van der Waals surface area contributed by atoms with Crippen molar-refractivity contribution >= 4 is 0 Å². The zero-order valence-corrected chi connectivity index (χ0v) is 6.89. The van der Waals surface area contributed by atoms with Crippen LogP contribution >= 0.6 is 0 Å². The predicted molar refractivity (Wildman–Crippen MR) is 40.4 cm³/mol. The molecule has 0 rings (SSSR count). The standard InChI is InChI=1S/C8H13NO/c1-6(5-9)7(10)8(2,3)4/h10H,1-4H3/b7-6+. The highest BCUT2D eigenvalue weighted by Gasteiger charge is 2.18. The van der Waals surface area contributed by atoms with Gasteiger partial charge in [0.2, 0.25) is 0 Å². The molecule has 1 N–H and O–H groups in total. The molecule has 0 aliphatic carbocycles. The highest BCUT2D eigenvalue weighted by atomic mass is 16.3. The van der Waals surface area contributed by atoms with Crippen LogP contribution in [0, 0.1) is 16.7 Å². The van der Waals surface area contributed by atoms with Crippen LogP contribution in [0.15, 0.2) is 11.3 Å². The molecule has 0 fully saturated rings. The topological polar surface area (TPSA) is 44.0 Å². The lowest BCUT2D eigenvalue weighted by atomic mass is 9.91. The molecule has 0 heterocycles. The minimum absolute atomic E-state index is 0.176. The lowest BCUT2D eigenvalue weighted by molar-refractivity contribution is 0.273. The maximum absolute atomic E-state index is 9.31. The van der Waals surface area contributed by atoms with Crippen molar-refractivity contribution in [2.45, 2.75) is 27.7 Å². The van der Waals surface area contributed by atoms with Crippen LogP contribution in [-0.4, -0.2) is 5.11 Å². The maximum atomic E-state index is 9.31. The largest absolute Gasteiger partial charge is 0.511 e. The van der Waals surface area contributed by atoms with Crippen molar-refractivity contribution in [1.29, 1.82) is 5.26 Å². The predicted octanol–water partition coefficient (Wildman–Crippen LogP) is 2.39. The Hall–Kier alpha value is -0.970. The first-order valence-corrected chi connectivity index (χ1v) is 3.20. The smallest absolute Gasteiger partial charge is 0.111 e. The molecule has 0 aromatic carbocycles. The Morgan fingerprint density at radius 1 is 1.40 bits per heavy atom. The molecule has 0 aliphatic rings. The molecule has 10 heavy (non-hydrogen) atoms. The van der Waals surface area contributed by atoms with Crippen LogP contribution in [0.5, 0.6) is 0 Å². The molecule has 0 aromatic rings. The van der Waals surface area contributed by atoms with E-state index in [2.05, 4.69) is 0 Å². The number of rotatable bonds is 0. The van der Waals surface area contributed by atoms with Gasteiger partial charge in [0, 0.05) is 5.41 Å². The molecule has 0 saturated carbocycles. The Labute approximate surface area is 61.8 Å². The van der Waals surface area contributed by atoms with E-state index in [4.69, 9.17) is 5.26 Å². The van der Waals surface area contributed by atoms with Gasteiger partial charge in [-0.05, 0) is 6.92 Å². The van der Waals surface area contributed by atoms with E-state index in [-0.39, 0.29) is 11.2 Å². The van der Waals surface area contributed by atoms with Gasteiger partial charge < -0.3 is 5.11 Å². The van der Waals surface area contributed by atoms with E-state index in [1.807, 2.05) is 26.8 Å². The van der Waals surface area contributed by atoms with Crippen molar-refractivity contribution < 1.29 is 5.11 Å². The van der Waals surface area contributed by atoms with Crippen molar-refractivity contribution in [2.24, 2.45) is 5.41 Å². The van der Waals surface area contributed by atoms with Gasteiger partial charge in [-0.1, -0.05) is 20.8 Å². The Morgan fingerprint density at radius 3 is 1.90 bits per heavy atom. The summed E-state index contributed by atoms with van der Waals surface area (Å²) in [6, 6.07) is 1.90. The highest BCUT2D eigenvalue weighted by Crippen LogP contribution is 2.24. The first kappa shape index (κ1) is 9.03. The first-order chi connectivity index (χ1) is 4.39. The fourth-order valence-electron chi connectivity index (χ4n) is 0.615. The molecule has 2 nitrogen and oxygen atoms in total. The summed E-state index contributed by atoms with van der Waals surface area (Å²) in [5.74, 6) is 0.176. The van der Waals surface area contributed by atoms with Crippen LogP contribution in [-0.2, 0) is 0 Å². The molecule has 0 saturated heterocycles. The molecular weight excluding hydrogens is 126 g/mol. The summed E-state index contributed by atoms with van der Waals surface area (Å²) in [5.41, 5.74) is 0.0901. The Morgan fingerprint density at radius 2 is 1.80 bits per heavy atom. The SMILES string of the molecule is C/C(C#N)=C(\O)C(C)(C)C. The zero-order valence-electron chi connectivity index (χ0n) is 6.89. The van der Waals surface area contributed by atoms with Crippen molar-refractivity contribution in [3.63, 3.8) is 0 Å². The van der Waals surface area contributed by atoms with Crippen molar-refractivity contribution in [3.05, 3.63) is 11.3 Å². The van der Waals surface area contributed by atoms with Crippen LogP contribution in [0.3, 0.4) is 0 Å². The Bertz CT molecular complexity index is 190. The third kappa shape index (κ3) is 2.10. The van der Waals surface area contributed by atoms with Gasteiger partial charge in [-0.15, -0.1) is 0 Å². The summed E-state index contributed by atoms with van der Waals surface area (Å²) < 4.78 is 0. The second-order valence-electron chi connectivity index (χ2n) is 3.34. The fourth-order valence-corrected chi connectivity index (χ4v) is 0.615. The first-order valence-electron chi connectivity index (χ1n) is 3.20. The zero-order chi connectivity index (χ0) is 8.36. The van der Waals surface area contributed by atoms with E-state index in [9.17, 15) is 5.11 Å². The number of allylic oxidation sites excluding steroid dienone is 2. The molecule has 56 valence electrons. The highest BCUT2D eigenvalue weighted by molar-refractivity contribution is 5.24. The van der Waals surface area contributed by atoms with E-state index in [0.29, 0.717) is 5.57 Å². The van der Waals surface area contributed by atoms with Gasteiger partial charge in [-0.2, -0.15) is 5.26 Å². The van der Waals surface area contributed by atoms with Gasteiger partial charge >= 0.3 is 0 Å². The summed E-state index contributed by atoms with van der Waals surface area (Å²) in [6.07, 6.45) is 0. The van der Waals surface area contributed by atoms with Gasteiger partial charge in [0.25, 0.3) is 0 Å². The molecule has 0 radical (unpaired) electrons. The van der Waals surface area contributed by atoms with Crippen LogP contribution in [0.25, 0.3) is 0 Å². The summed E-state index contributed by atoms with van der Waals surface area (Å²) in [6.45, 7) is 7.20. The summed E-state index contributed by atoms with van der Waals surface area (Å²) in [5, 5.41) is 17.7. The number of nitriles is 1. The average molecular weight is 139 g/mol. The molecular formula is C8H13NO. The molecule has 0 bridgehead atoms. The summed E-state index contributed by atoms with van der Waals surface area (Å²) in [7, 11) is 0. The molecule has 2 heteroatoms. The van der Waals surface area contributed by atoms with Crippen molar-refractivity contribution in [2.75, 3.05) is 0 Å². The van der Waals surface area contributed by atoms with Crippen LogP contribution < -0.4 is 0 Å². The molecule has 0 aliphatic heterocycles. The third-order valence-corrected chi connectivity index (χ3v) is 1.23. The Balaban J connectivity index is 4.69. The van der Waals surface area contributed by atoms with Gasteiger partial charge in [0.05, 0.1) is 11.6 Å². The van der Waals surface area contributed by atoms with Crippen LogP contribution in [0.4, 0.5) is 0 Å². The number of hydrogen-bond acceptors (Lipinski definition) is 2. The summed E-state index contributed by atoms with van der Waals surface area (Å²) in [4.78, 5) is 0. The third-order valence-electron chi connectivity index (χ3n) is 1.23. The van der Waals surface area contributed by atoms with E-state index < -0.39 is 0 Å². The van der Waals surface area contributed by atoms with E-state index in [1.165, 1.54) is 0 Å². The van der Waals surface area contributed by atoms with Crippen molar-refractivity contribution in [1.82, 2.24) is 0 Å². The molecule has 0 spiro atoms. The van der Waals surface area contributed by atoms with Gasteiger partial charge in [-0.3, -0.25) is 0 Å². The summed E-state index contributed by atoms with van der Waals surface area (Å²) >= 11 is 0. The van der Waals surface area contributed by atoms with Crippen LogP contribution in [0.2, 0.25) is 0 Å². The average Bonchev–Trinajstić information content (AvgIpc) is 1.83. The van der Waals surface area contributed by atoms with E-state index in [1.54, 1.807) is 6.92 Å². The van der Waals surface area contributed by atoms with E-state index >= 15 is 0 Å². The Kier molecular flexibility index (Phi) is 2.48. The minimum atomic E-state index is -0.306. The van der Waals surface area contributed by atoms with Gasteiger partial charge in [-0.25, -0.2) is 0 Å². The van der Waals surface area contributed by atoms with Gasteiger partial charge in [0.15, 0.2) is 0 Å². The number of nitrogens with zero attached hydrogens (tertiary/aromatic N) is 1. The number of aliphatic hydroxyl groups excluding tert-OH is 1. The number of aliphatic hydroxyl groups is 1. The lowest BCUT2D eigenvalue weighted by Crippen LogP contribution is -2.10. The minimum Gasteiger partial charge on any atom is -0.511 e. The van der Waals surface area contributed by atoms with Crippen molar-refractivity contribution in [3.8, 4) is 6.07 Å². The second kappa shape index (κ2) is 2.74. The molecule has 0 aromatic heterocycles. The van der Waals surface area contributed by atoms with Gasteiger partial charge in [0.1, 0.15) is 5.76 Å². The normalized spacial score (nSPS) is 13.9. The van der Waals surface area contributed by atoms with Crippen LogP contribution in [0.1, 0.15) is 27.7 Å². The quantitative estimate of drug-likeness (QED) is 0.413. The fraction of sp³-hybridized carbons (Fsp3) is 0.625.